The van der Waals surface area contributed by atoms with Crippen LogP contribution >= 0.6 is 0 Å². The number of nitrogens with zero attached hydrogens (tertiary/aromatic N) is 2. The lowest BCUT2D eigenvalue weighted by atomic mass is 10.1. The van der Waals surface area contributed by atoms with Crippen molar-refractivity contribution in [2.45, 2.75) is 29.8 Å². The van der Waals surface area contributed by atoms with Crippen LogP contribution in [-0.4, -0.2) is 57.5 Å². The molecule has 0 amide bonds. The SMILES string of the molecule is CC1CN(c2ccc(S(=O)(=O)C(F)F)cc2)CCN1CC(F)(F)F. The van der Waals surface area contributed by atoms with E-state index in [0.29, 0.717) is 18.8 Å². The largest absolute Gasteiger partial charge is 0.401 e. The minimum atomic E-state index is -4.65. The molecule has 4 nitrogen and oxygen atoms in total. The number of halogens is 5. The second-order valence-corrected chi connectivity index (χ2v) is 7.60. The third kappa shape index (κ3) is 4.35. The second-order valence-electron chi connectivity index (χ2n) is 5.68. The van der Waals surface area contributed by atoms with Gasteiger partial charge in [-0.3, -0.25) is 4.90 Å². The Hall–Kier alpha value is -1.42. The first kappa shape index (κ1) is 18.9. The summed E-state index contributed by atoms with van der Waals surface area (Å²) in [5.74, 6) is -3.49. The highest BCUT2D eigenvalue weighted by Crippen LogP contribution is 2.25. The van der Waals surface area contributed by atoms with Gasteiger partial charge in [0.2, 0.25) is 9.84 Å². The number of anilines is 1. The smallest absolute Gasteiger partial charge is 0.369 e. The molecule has 1 heterocycles. The van der Waals surface area contributed by atoms with Gasteiger partial charge in [0.15, 0.2) is 0 Å². The van der Waals surface area contributed by atoms with Crippen molar-refractivity contribution in [1.29, 1.82) is 0 Å². The monoisotopic (exact) mass is 372 g/mol. The van der Waals surface area contributed by atoms with Crippen LogP contribution in [0.2, 0.25) is 0 Å². The van der Waals surface area contributed by atoms with Gasteiger partial charge in [-0.15, -0.1) is 0 Å². The van der Waals surface area contributed by atoms with Crippen molar-refractivity contribution in [3.63, 3.8) is 0 Å². The average molecular weight is 372 g/mol. The summed E-state index contributed by atoms with van der Waals surface area (Å²) >= 11 is 0. The molecule has 1 aromatic carbocycles. The lowest BCUT2D eigenvalue weighted by Crippen LogP contribution is -2.54. The molecule has 136 valence electrons. The topological polar surface area (TPSA) is 40.6 Å². The Balaban J connectivity index is 2.07. The molecule has 0 radical (unpaired) electrons. The average Bonchev–Trinajstić information content (AvgIpc) is 2.48. The maximum atomic E-state index is 12.5. The lowest BCUT2D eigenvalue weighted by molar-refractivity contribution is -0.150. The highest BCUT2D eigenvalue weighted by atomic mass is 32.2. The number of piperazine rings is 1. The fourth-order valence-electron chi connectivity index (χ4n) is 2.64. The molecule has 0 aromatic heterocycles. The maximum Gasteiger partial charge on any atom is 0.401 e. The van der Waals surface area contributed by atoms with Crippen molar-refractivity contribution in [1.82, 2.24) is 4.90 Å². The van der Waals surface area contributed by atoms with Gasteiger partial charge in [-0.2, -0.15) is 22.0 Å². The molecule has 1 atom stereocenters. The molecule has 1 saturated heterocycles. The van der Waals surface area contributed by atoms with E-state index in [1.165, 1.54) is 17.0 Å². The summed E-state index contributed by atoms with van der Waals surface area (Å²) in [4.78, 5) is 2.65. The Morgan fingerprint density at radius 3 is 2.21 bits per heavy atom. The normalized spacial score (nSPS) is 20.6. The molecule has 0 N–H and O–H groups in total. The van der Waals surface area contributed by atoms with Crippen LogP contribution in [0.4, 0.5) is 27.6 Å². The maximum absolute atomic E-state index is 12.5. The van der Waals surface area contributed by atoms with Gasteiger partial charge >= 0.3 is 11.9 Å². The molecule has 0 spiro atoms. The van der Waals surface area contributed by atoms with Crippen molar-refractivity contribution in [3.8, 4) is 0 Å². The molecular weight excluding hydrogens is 355 g/mol. The summed E-state index contributed by atoms with van der Waals surface area (Å²) in [5.41, 5.74) is 0.585. The molecule has 1 aliphatic rings. The first-order valence-electron chi connectivity index (χ1n) is 7.18. The molecule has 1 aliphatic heterocycles. The van der Waals surface area contributed by atoms with Gasteiger partial charge in [0.1, 0.15) is 0 Å². The van der Waals surface area contributed by atoms with Crippen molar-refractivity contribution in [2.75, 3.05) is 31.1 Å². The van der Waals surface area contributed by atoms with E-state index >= 15 is 0 Å². The summed E-state index contributed by atoms with van der Waals surface area (Å²) in [7, 11) is -4.65. The number of benzene rings is 1. The Kier molecular flexibility index (Phi) is 5.38. The quantitative estimate of drug-likeness (QED) is 0.762. The summed E-state index contributed by atoms with van der Waals surface area (Å²) in [5, 5.41) is 0. The zero-order valence-corrected chi connectivity index (χ0v) is 13.6. The van der Waals surface area contributed by atoms with Gasteiger partial charge in [-0.25, -0.2) is 8.42 Å². The highest BCUT2D eigenvalue weighted by Gasteiger charge is 2.35. The van der Waals surface area contributed by atoms with Crippen molar-refractivity contribution in [3.05, 3.63) is 24.3 Å². The van der Waals surface area contributed by atoms with E-state index in [1.54, 1.807) is 11.8 Å². The first-order valence-corrected chi connectivity index (χ1v) is 8.73. The van der Waals surface area contributed by atoms with Crippen LogP contribution in [0.25, 0.3) is 0 Å². The van der Waals surface area contributed by atoms with E-state index in [-0.39, 0.29) is 12.6 Å². The summed E-state index contributed by atoms with van der Waals surface area (Å²) < 4.78 is 85.2. The standard InChI is InChI=1S/C14H17F5N2O2S/c1-10-8-20(6-7-21(10)9-14(17,18)19)11-2-4-12(5-3-11)24(22,23)13(15)16/h2-5,10,13H,6-9H2,1H3. The fourth-order valence-corrected chi connectivity index (χ4v) is 3.37. The van der Waals surface area contributed by atoms with Gasteiger partial charge in [0.25, 0.3) is 0 Å². The van der Waals surface area contributed by atoms with Crippen molar-refractivity contribution < 1.29 is 30.4 Å². The third-order valence-corrected chi connectivity index (χ3v) is 5.31. The fraction of sp³-hybridized carbons (Fsp3) is 0.571. The molecule has 1 fully saturated rings. The molecule has 0 aliphatic carbocycles. The summed E-state index contributed by atoms with van der Waals surface area (Å²) in [6.07, 6.45) is -4.26. The van der Waals surface area contributed by atoms with E-state index in [2.05, 4.69) is 0 Å². The van der Waals surface area contributed by atoms with Crippen LogP contribution in [0.5, 0.6) is 0 Å². The Bertz CT molecular complexity index is 661. The number of hydrogen-bond acceptors (Lipinski definition) is 4. The molecule has 10 heteroatoms. The van der Waals surface area contributed by atoms with Crippen molar-refractivity contribution in [2.24, 2.45) is 0 Å². The van der Waals surface area contributed by atoms with E-state index in [0.717, 1.165) is 12.1 Å². The second kappa shape index (κ2) is 6.83. The summed E-state index contributed by atoms with van der Waals surface area (Å²) in [6.45, 7) is 1.57. The number of rotatable bonds is 4. The number of alkyl halides is 5. The van der Waals surface area contributed by atoms with Crippen LogP contribution in [0, 0.1) is 0 Å². The lowest BCUT2D eigenvalue weighted by Gasteiger charge is -2.41. The first-order chi connectivity index (χ1) is 11.0. The van der Waals surface area contributed by atoms with Crippen LogP contribution in [0.1, 0.15) is 6.92 Å². The van der Waals surface area contributed by atoms with Crippen LogP contribution < -0.4 is 4.90 Å². The van der Waals surface area contributed by atoms with Gasteiger partial charge in [-0.05, 0) is 31.2 Å². The van der Waals surface area contributed by atoms with Crippen LogP contribution in [0.3, 0.4) is 0 Å². The number of hydrogen-bond donors (Lipinski definition) is 0. The molecule has 0 bridgehead atoms. The van der Waals surface area contributed by atoms with E-state index < -0.39 is 33.2 Å². The molecule has 1 aromatic rings. The van der Waals surface area contributed by atoms with E-state index in [9.17, 15) is 30.4 Å². The summed E-state index contributed by atoms with van der Waals surface area (Å²) in [6, 6.07) is 4.61. The molecule has 0 saturated carbocycles. The number of sulfone groups is 1. The zero-order chi connectivity index (χ0) is 18.1. The molecule has 24 heavy (non-hydrogen) atoms. The van der Waals surface area contributed by atoms with Crippen LogP contribution in [0.15, 0.2) is 29.2 Å². The minimum absolute atomic E-state index is 0.206. The van der Waals surface area contributed by atoms with E-state index in [1.807, 2.05) is 0 Å². The predicted octanol–water partition coefficient (Wildman–Crippen LogP) is 2.76. The molecular formula is C14H17F5N2O2S. The van der Waals surface area contributed by atoms with E-state index in [4.69, 9.17) is 0 Å². The van der Waals surface area contributed by atoms with Crippen molar-refractivity contribution >= 4 is 15.5 Å². The Morgan fingerprint density at radius 1 is 1.17 bits per heavy atom. The van der Waals surface area contributed by atoms with Gasteiger partial charge in [0, 0.05) is 31.4 Å². The predicted molar refractivity (Wildman–Crippen MR) is 78.9 cm³/mol. The third-order valence-electron chi connectivity index (χ3n) is 3.91. The highest BCUT2D eigenvalue weighted by molar-refractivity contribution is 7.91. The molecule has 1 unspecified atom stereocenters. The van der Waals surface area contributed by atoms with Gasteiger partial charge in [-0.1, -0.05) is 0 Å². The molecule has 2 rings (SSSR count). The van der Waals surface area contributed by atoms with Gasteiger partial charge in [0.05, 0.1) is 11.4 Å². The minimum Gasteiger partial charge on any atom is -0.369 e. The Labute approximate surface area is 136 Å². The zero-order valence-electron chi connectivity index (χ0n) is 12.8. The van der Waals surface area contributed by atoms with Crippen LogP contribution in [-0.2, 0) is 9.84 Å². The Morgan fingerprint density at radius 2 is 1.75 bits per heavy atom. The van der Waals surface area contributed by atoms with Gasteiger partial charge < -0.3 is 4.90 Å².